The number of fused-ring (bicyclic) bond motifs is 6. The van der Waals surface area contributed by atoms with Crippen LogP contribution in [0.15, 0.2) is 188 Å². The molecule has 0 saturated carbocycles. The van der Waals surface area contributed by atoms with Crippen molar-refractivity contribution in [2.24, 2.45) is 0 Å². The lowest BCUT2D eigenvalue weighted by Crippen LogP contribution is -2.30. The average Bonchev–Trinajstić information content (AvgIpc) is 3.64. The third kappa shape index (κ3) is 5.01. The Balaban J connectivity index is 1.36. The highest BCUT2D eigenvalue weighted by atomic mass is 14.9. The van der Waals surface area contributed by atoms with E-state index in [1.165, 1.54) is 55.6 Å². The van der Waals surface area contributed by atoms with E-state index in [0.717, 1.165) is 28.1 Å². The van der Waals surface area contributed by atoms with E-state index in [4.69, 9.17) is 9.97 Å². The van der Waals surface area contributed by atoms with Crippen LogP contribution in [0.25, 0.3) is 56.2 Å². The molecule has 1 heterocycles. The molecule has 0 spiro atoms. The van der Waals surface area contributed by atoms with Crippen LogP contribution in [0.4, 0.5) is 0 Å². The van der Waals surface area contributed by atoms with Crippen LogP contribution in [-0.4, -0.2) is 9.97 Å². The van der Waals surface area contributed by atoms with Gasteiger partial charge in [-0.1, -0.05) is 190 Å². The Hall–Kier alpha value is -6.38. The maximum Gasteiger partial charge on any atom is 0.160 e. The lowest BCUT2D eigenvalue weighted by molar-refractivity contribution is 0.658. The van der Waals surface area contributed by atoms with Crippen molar-refractivity contribution in [2.45, 2.75) is 31.6 Å². The van der Waals surface area contributed by atoms with Crippen LogP contribution in [0, 0.1) is 0 Å². The van der Waals surface area contributed by atoms with Crippen molar-refractivity contribution in [2.75, 3.05) is 0 Å². The minimum atomic E-state index is -0.579. The highest BCUT2D eigenvalue weighted by Gasteiger charge is 2.49. The van der Waals surface area contributed by atoms with Gasteiger partial charge in [-0.2, -0.15) is 0 Å². The molecular formula is C51H40N2. The first-order chi connectivity index (χ1) is 25.9. The molecule has 2 heteroatoms. The number of aromatic nitrogens is 2. The van der Waals surface area contributed by atoms with Gasteiger partial charge in [0.2, 0.25) is 0 Å². The number of rotatable bonds is 7. The van der Waals surface area contributed by atoms with E-state index in [1.807, 2.05) is 36.4 Å². The summed E-state index contributed by atoms with van der Waals surface area (Å²) in [4.78, 5) is 10.3. The minimum Gasteiger partial charge on any atom is -0.228 e. The highest BCUT2D eigenvalue weighted by molar-refractivity contribution is 5.93. The Kier molecular flexibility index (Phi) is 7.78. The average molecular weight is 681 g/mol. The standard InChI is InChI=1S/C51H40N2/c1-5-6-9-19-34(2)51(44-29-18-28-43-48(44)40-25-15-16-26-41(40)50(43,3)4)42-27-17-14-24-38(42)39-31-30-37(32-45(39)51)47-33-46(35-20-10-7-11-21-35)52-49(53-47)36-22-12-8-13-23-36/h5-33H,1H2,2-4H3/b9-6-,34-19+. The van der Waals surface area contributed by atoms with Gasteiger partial charge in [0.25, 0.3) is 0 Å². The summed E-state index contributed by atoms with van der Waals surface area (Å²) < 4.78 is 0. The normalized spacial score (nSPS) is 16.5. The van der Waals surface area contributed by atoms with E-state index < -0.39 is 5.41 Å². The molecule has 0 N–H and O–H groups in total. The predicted molar refractivity (Wildman–Crippen MR) is 221 cm³/mol. The summed E-state index contributed by atoms with van der Waals surface area (Å²) in [5, 5.41) is 0. The largest absolute Gasteiger partial charge is 0.228 e. The second kappa shape index (κ2) is 12.7. The number of hydrogen-bond donors (Lipinski definition) is 0. The first kappa shape index (κ1) is 32.5. The zero-order valence-electron chi connectivity index (χ0n) is 30.3. The van der Waals surface area contributed by atoms with Crippen LogP contribution in [0.1, 0.15) is 48.6 Å². The molecule has 2 aliphatic rings. The summed E-state index contributed by atoms with van der Waals surface area (Å²) in [5.41, 5.74) is 17.2. The zero-order chi connectivity index (χ0) is 36.2. The van der Waals surface area contributed by atoms with E-state index >= 15 is 0 Å². The van der Waals surface area contributed by atoms with Crippen molar-refractivity contribution in [1.82, 2.24) is 9.97 Å². The summed E-state index contributed by atoms with van der Waals surface area (Å²) in [7, 11) is 0. The lowest BCUT2D eigenvalue weighted by Gasteiger charge is -2.36. The fourth-order valence-corrected chi connectivity index (χ4v) is 8.90. The van der Waals surface area contributed by atoms with Crippen LogP contribution >= 0.6 is 0 Å². The fourth-order valence-electron chi connectivity index (χ4n) is 8.90. The second-order valence-electron chi connectivity index (χ2n) is 14.6. The zero-order valence-corrected chi connectivity index (χ0v) is 30.3. The minimum absolute atomic E-state index is 0.130. The van der Waals surface area contributed by atoms with Gasteiger partial charge in [-0.05, 0) is 69.1 Å². The van der Waals surface area contributed by atoms with E-state index in [1.54, 1.807) is 0 Å². The van der Waals surface area contributed by atoms with Crippen LogP contribution in [-0.2, 0) is 10.8 Å². The molecule has 2 nitrogen and oxygen atoms in total. The molecule has 254 valence electrons. The maximum atomic E-state index is 5.26. The topological polar surface area (TPSA) is 25.8 Å². The first-order valence-electron chi connectivity index (χ1n) is 18.4. The molecule has 2 aliphatic carbocycles. The Morgan fingerprint density at radius 3 is 1.83 bits per heavy atom. The second-order valence-corrected chi connectivity index (χ2v) is 14.6. The molecule has 0 radical (unpaired) electrons. The SMILES string of the molecule is C=C/C=C\C=C(/C)C1(c2cccc3c2-c2ccccc2C3(C)C)c2ccccc2-c2ccc(-c3cc(-c4ccccc4)nc(-c4ccccc4)n3)cc21. The van der Waals surface area contributed by atoms with Crippen LogP contribution in [0.3, 0.4) is 0 Å². The molecule has 53 heavy (non-hydrogen) atoms. The van der Waals surface area contributed by atoms with Gasteiger partial charge in [-0.3, -0.25) is 0 Å². The van der Waals surface area contributed by atoms with E-state index in [-0.39, 0.29) is 5.41 Å². The molecule has 0 amide bonds. The summed E-state index contributed by atoms with van der Waals surface area (Å²) in [6.07, 6.45) is 8.25. The third-order valence-corrected chi connectivity index (χ3v) is 11.4. The van der Waals surface area contributed by atoms with Gasteiger partial charge in [0.15, 0.2) is 5.82 Å². The third-order valence-electron chi connectivity index (χ3n) is 11.4. The van der Waals surface area contributed by atoms with E-state index in [0.29, 0.717) is 5.82 Å². The van der Waals surface area contributed by atoms with Crippen LogP contribution in [0.2, 0.25) is 0 Å². The van der Waals surface area contributed by atoms with Gasteiger partial charge in [0, 0.05) is 22.1 Å². The smallest absolute Gasteiger partial charge is 0.160 e. The molecule has 0 fully saturated rings. The molecule has 9 rings (SSSR count). The summed E-state index contributed by atoms with van der Waals surface area (Å²) in [6, 6.07) is 54.7. The molecule has 1 atom stereocenters. The first-order valence-corrected chi connectivity index (χ1v) is 18.4. The summed E-state index contributed by atoms with van der Waals surface area (Å²) >= 11 is 0. The highest BCUT2D eigenvalue weighted by Crippen LogP contribution is 2.61. The van der Waals surface area contributed by atoms with Crippen LogP contribution < -0.4 is 0 Å². The van der Waals surface area contributed by atoms with Crippen molar-refractivity contribution in [3.8, 4) is 56.2 Å². The molecule has 6 aromatic carbocycles. The van der Waals surface area contributed by atoms with Crippen molar-refractivity contribution < 1.29 is 0 Å². The molecule has 1 unspecified atom stereocenters. The van der Waals surface area contributed by atoms with Gasteiger partial charge in [0.05, 0.1) is 16.8 Å². The number of allylic oxidation sites excluding steroid dienone is 5. The van der Waals surface area contributed by atoms with Crippen molar-refractivity contribution in [1.29, 1.82) is 0 Å². The van der Waals surface area contributed by atoms with Gasteiger partial charge in [-0.25, -0.2) is 9.97 Å². The van der Waals surface area contributed by atoms with E-state index in [2.05, 4.69) is 167 Å². The van der Waals surface area contributed by atoms with E-state index in [9.17, 15) is 0 Å². The van der Waals surface area contributed by atoms with Crippen LogP contribution in [0.5, 0.6) is 0 Å². The molecule has 7 aromatic rings. The van der Waals surface area contributed by atoms with Crippen molar-refractivity contribution in [3.63, 3.8) is 0 Å². The Morgan fingerprint density at radius 2 is 1.09 bits per heavy atom. The van der Waals surface area contributed by atoms with Gasteiger partial charge >= 0.3 is 0 Å². The number of benzene rings is 6. The predicted octanol–water partition coefficient (Wildman–Crippen LogP) is 12.8. The fraction of sp³-hybridized carbons (Fsp3) is 0.0980. The Bertz CT molecular complexity index is 2550. The summed E-state index contributed by atoms with van der Waals surface area (Å²) in [6.45, 7) is 11.0. The van der Waals surface area contributed by atoms with Gasteiger partial charge in [-0.15, -0.1) is 0 Å². The molecule has 0 bridgehead atoms. The molecule has 0 saturated heterocycles. The summed E-state index contributed by atoms with van der Waals surface area (Å²) in [5.74, 6) is 0.711. The Morgan fingerprint density at radius 1 is 0.509 bits per heavy atom. The monoisotopic (exact) mass is 680 g/mol. The molecule has 1 aromatic heterocycles. The molecular weight excluding hydrogens is 641 g/mol. The maximum absolute atomic E-state index is 5.26. The number of hydrogen-bond acceptors (Lipinski definition) is 2. The van der Waals surface area contributed by atoms with Crippen molar-refractivity contribution in [3.05, 3.63) is 216 Å². The lowest BCUT2D eigenvalue weighted by atomic mass is 9.65. The van der Waals surface area contributed by atoms with Crippen molar-refractivity contribution >= 4 is 0 Å². The van der Waals surface area contributed by atoms with Gasteiger partial charge in [0.1, 0.15) is 0 Å². The van der Waals surface area contributed by atoms with Gasteiger partial charge < -0.3 is 0 Å². The Labute approximate surface area is 312 Å². The quantitative estimate of drug-likeness (QED) is 0.157. The molecule has 0 aliphatic heterocycles. The number of nitrogens with zero attached hydrogens (tertiary/aromatic N) is 2.